The van der Waals surface area contributed by atoms with Crippen LogP contribution in [-0.4, -0.2) is 9.91 Å². The van der Waals surface area contributed by atoms with E-state index >= 15 is 0 Å². The summed E-state index contributed by atoms with van der Waals surface area (Å²) >= 11 is 0. The molecule has 1 aromatic heterocycles. The normalized spacial score (nSPS) is 10.5. The zero-order valence-electron chi connectivity index (χ0n) is 7.00. The second-order valence-electron chi connectivity index (χ2n) is 2.85. The summed E-state index contributed by atoms with van der Waals surface area (Å²) in [6.45, 7) is 1.84. The molecule has 4 heteroatoms. The van der Waals surface area contributed by atoms with Gasteiger partial charge in [-0.1, -0.05) is 12.1 Å². The molecule has 0 atom stereocenters. The number of aromatic nitrogens is 1. The van der Waals surface area contributed by atoms with Gasteiger partial charge < -0.3 is 4.98 Å². The SMILES string of the molecule is Cc1cccc2[nH][c]c([N+](=O)[O-])c12. The van der Waals surface area contributed by atoms with Crippen LogP contribution in [0.15, 0.2) is 18.2 Å². The van der Waals surface area contributed by atoms with E-state index < -0.39 is 4.92 Å². The van der Waals surface area contributed by atoms with Crippen LogP contribution < -0.4 is 0 Å². The lowest BCUT2D eigenvalue weighted by atomic mass is 10.1. The Morgan fingerprint density at radius 1 is 1.54 bits per heavy atom. The van der Waals surface area contributed by atoms with E-state index in [2.05, 4.69) is 11.2 Å². The Morgan fingerprint density at radius 2 is 2.31 bits per heavy atom. The molecule has 0 aliphatic carbocycles. The summed E-state index contributed by atoms with van der Waals surface area (Å²) in [6, 6.07) is 5.49. The Hall–Kier alpha value is -1.84. The van der Waals surface area contributed by atoms with Crippen LogP contribution in [0.1, 0.15) is 5.56 Å². The maximum atomic E-state index is 10.6. The van der Waals surface area contributed by atoms with Gasteiger partial charge in [0, 0.05) is 0 Å². The Bertz CT molecular complexity index is 473. The highest BCUT2D eigenvalue weighted by Gasteiger charge is 2.15. The lowest BCUT2D eigenvalue weighted by Crippen LogP contribution is -1.86. The van der Waals surface area contributed by atoms with E-state index in [9.17, 15) is 10.1 Å². The quantitative estimate of drug-likeness (QED) is 0.533. The molecule has 0 aliphatic rings. The Balaban J connectivity index is 2.86. The fourth-order valence-electron chi connectivity index (χ4n) is 1.41. The Morgan fingerprint density at radius 3 is 3.00 bits per heavy atom. The average Bonchev–Trinajstić information content (AvgIpc) is 2.49. The second kappa shape index (κ2) is 2.58. The number of nitro groups is 1. The van der Waals surface area contributed by atoms with Crippen LogP contribution in [0.3, 0.4) is 0 Å². The van der Waals surface area contributed by atoms with Gasteiger partial charge in [-0.2, -0.15) is 0 Å². The van der Waals surface area contributed by atoms with Gasteiger partial charge in [-0.25, -0.2) is 0 Å². The topological polar surface area (TPSA) is 58.9 Å². The highest BCUT2D eigenvalue weighted by atomic mass is 16.6. The number of aryl methyl sites for hydroxylation is 1. The van der Waals surface area contributed by atoms with Crippen LogP contribution >= 0.6 is 0 Å². The van der Waals surface area contributed by atoms with Crippen molar-refractivity contribution in [3.05, 3.63) is 40.1 Å². The third-order valence-electron chi connectivity index (χ3n) is 2.01. The molecule has 1 aromatic carbocycles. The van der Waals surface area contributed by atoms with Crippen molar-refractivity contribution in [2.45, 2.75) is 6.92 Å². The molecule has 0 aliphatic heterocycles. The van der Waals surface area contributed by atoms with E-state index in [1.165, 1.54) is 0 Å². The Labute approximate surface area is 74.3 Å². The van der Waals surface area contributed by atoms with Gasteiger partial charge >= 0.3 is 5.69 Å². The monoisotopic (exact) mass is 175 g/mol. The van der Waals surface area contributed by atoms with Crippen LogP contribution in [0.25, 0.3) is 10.9 Å². The molecule has 0 spiro atoms. The highest BCUT2D eigenvalue weighted by Crippen LogP contribution is 2.27. The molecular weight excluding hydrogens is 168 g/mol. The Kier molecular flexibility index (Phi) is 1.55. The summed E-state index contributed by atoms with van der Waals surface area (Å²) in [6.07, 6.45) is 2.53. The van der Waals surface area contributed by atoms with E-state index in [0.717, 1.165) is 11.1 Å². The number of benzene rings is 1. The molecule has 0 saturated carbocycles. The maximum absolute atomic E-state index is 10.6. The lowest BCUT2D eigenvalue weighted by molar-refractivity contribution is -0.383. The second-order valence-corrected chi connectivity index (χ2v) is 2.85. The zero-order chi connectivity index (χ0) is 9.42. The third-order valence-corrected chi connectivity index (χ3v) is 2.01. The fourth-order valence-corrected chi connectivity index (χ4v) is 1.41. The van der Waals surface area contributed by atoms with E-state index in [4.69, 9.17) is 0 Å². The molecule has 0 saturated heterocycles. The standard InChI is InChI=1S/C9H7N2O2/c1-6-3-2-4-7-9(6)8(5-10-7)11(12)13/h2-4,10H,1H3. The summed E-state index contributed by atoms with van der Waals surface area (Å²) in [4.78, 5) is 12.9. The van der Waals surface area contributed by atoms with Crippen molar-refractivity contribution in [2.24, 2.45) is 0 Å². The van der Waals surface area contributed by atoms with E-state index in [-0.39, 0.29) is 5.69 Å². The molecule has 2 rings (SSSR count). The average molecular weight is 175 g/mol. The highest BCUT2D eigenvalue weighted by molar-refractivity contribution is 5.91. The van der Waals surface area contributed by atoms with Gasteiger partial charge in [0.05, 0.1) is 15.8 Å². The fraction of sp³-hybridized carbons (Fsp3) is 0.111. The van der Waals surface area contributed by atoms with Crippen LogP contribution in [0.5, 0.6) is 0 Å². The van der Waals surface area contributed by atoms with Gasteiger partial charge in [-0.3, -0.25) is 10.1 Å². The zero-order valence-corrected chi connectivity index (χ0v) is 7.00. The van der Waals surface area contributed by atoms with Crippen LogP contribution in [-0.2, 0) is 0 Å². The third kappa shape index (κ3) is 1.07. The molecule has 0 amide bonds. The molecule has 1 heterocycles. The molecule has 1 radical (unpaired) electrons. The van der Waals surface area contributed by atoms with E-state index in [1.54, 1.807) is 6.07 Å². The number of nitrogens with one attached hydrogen (secondary N) is 1. The molecule has 1 N–H and O–H groups in total. The maximum Gasteiger partial charge on any atom is 0.304 e. The van der Waals surface area contributed by atoms with Gasteiger partial charge in [0.15, 0.2) is 0 Å². The van der Waals surface area contributed by atoms with Crippen molar-refractivity contribution in [1.82, 2.24) is 4.98 Å². The van der Waals surface area contributed by atoms with Crippen molar-refractivity contribution in [3.8, 4) is 0 Å². The van der Waals surface area contributed by atoms with Crippen LogP contribution in [0.4, 0.5) is 5.69 Å². The summed E-state index contributed by atoms with van der Waals surface area (Å²) in [5, 5.41) is 11.2. The van der Waals surface area contributed by atoms with Crippen LogP contribution in [0, 0.1) is 23.2 Å². The summed E-state index contributed by atoms with van der Waals surface area (Å²) in [7, 11) is 0. The van der Waals surface area contributed by atoms with Gasteiger partial charge in [-0.15, -0.1) is 0 Å². The predicted octanol–water partition coefficient (Wildman–Crippen LogP) is 2.18. The molecule has 0 unspecified atom stereocenters. The van der Waals surface area contributed by atoms with Gasteiger partial charge in [0.2, 0.25) is 0 Å². The first kappa shape index (κ1) is 7.79. The summed E-state index contributed by atoms with van der Waals surface area (Å²) in [5.41, 5.74) is 1.67. The molecule has 65 valence electrons. The van der Waals surface area contributed by atoms with Gasteiger partial charge in [-0.05, 0) is 18.6 Å². The number of hydrogen-bond donors (Lipinski definition) is 1. The summed E-state index contributed by atoms with van der Waals surface area (Å²) < 4.78 is 0. The minimum absolute atomic E-state index is 0.0214. The molecule has 4 nitrogen and oxygen atoms in total. The lowest BCUT2D eigenvalue weighted by Gasteiger charge is -1.93. The van der Waals surface area contributed by atoms with Crippen molar-refractivity contribution >= 4 is 16.6 Å². The summed E-state index contributed by atoms with van der Waals surface area (Å²) in [5.74, 6) is 0. The first-order valence-electron chi connectivity index (χ1n) is 3.83. The minimum atomic E-state index is -0.425. The van der Waals surface area contributed by atoms with Crippen molar-refractivity contribution in [1.29, 1.82) is 0 Å². The number of nitrogens with zero attached hydrogens (tertiary/aromatic N) is 1. The smallest absolute Gasteiger partial charge is 0.304 e. The molecule has 0 fully saturated rings. The van der Waals surface area contributed by atoms with E-state index in [0.29, 0.717) is 5.39 Å². The molecular formula is C9H7N2O2. The minimum Gasteiger partial charge on any atom is -0.347 e. The number of aromatic amines is 1. The predicted molar refractivity (Wildman–Crippen MR) is 48.5 cm³/mol. The van der Waals surface area contributed by atoms with E-state index in [1.807, 2.05) is 19.1 Å². The van der Waals surface area contributed by atoms with Crippen molar-refractivity contribution in [3.63, 3.8) is 0 Å². The number of H-pyrrole nitrogens is 1. The number of fused-ring (bicyclic) bond motifs is 1. The van der Waals surface area contributed by atoms with Crippen molar-refractivity contribution in [2.75, 3.05) is 0 Å². The number of rotatable bonds is 1. The van der Waals surface area contributed by atoms with Gasteiger partial charge in [0.1, 0.15) is 6.20 Å². The van der Waals surface area contributed by atoms with Gasteiger partial charge in [0.25, 0.3) is 0 Å². The number of hydrogen-bond acceptors (Lipinski definition) is 2. The van der Waals surface area contributed by atoms with Crippen LogP contribution in [0.2, 0.25) is 0 Å². The first-order valence-corrected chi connectivity index (χ1v) is 3.83. The molecule has 13 heavy (non-hydrogen) atoms. The molecule has 2 aromatic rings. The van der Waals surface area contributed by atoms with Crippen molar-refractivity contribution < 1.29 is 4.92 Å². The first-order chi connectivity index (χ1) is 6.20. The largest absolute Gasteiger partial charge is 0.347 e. The molecule has 0 bridgehead atoms.